The molecule has 0 aromatic heterocycles. The topological polar surface area (TPSA) is 55.8 Å². The number of hydrogen-bond acceptors (Lipinski definition) is 4. The Labute approximate surface area is 166 Å². The molecule has 2 aliphatic rings. The van der Waals surface area contributed by atoms with Crippen molar-refractivity contribution in [2.75, 3.05) is 0 Å². The van der Waals surface area contributed by atoms with Crippen molar-refractivity contribution >= 4 is 49.4 Å². The number of carbonyl (C=O) groups is 1. The minimum Gasteiger partial charge on any atom is -0.462 e. The molecular weight excluding hydrogens is 463 g/mol. The van der Waals surface area contributed by atoms with E-state index in [2.05, 4.69) is 31.9 Å². The molecule has 1 N–H and O–H groups in total. The Bertz CT molecular complexity index is 499. The van der Waals surface area contributed by atoms with Gasteiger partial charge in [0.25, 0.3) is 0 Å². The smallest absolute Gasteiger partial charge is 0.302 e. The van der Waals surface area contributed by atoms with E-state index in [1.165, 1.54) is 6.92 Å². The van der Waals surface area contributed by atoms with E-state index in [0.717, 1.165) is 0 Å². The van der Waals surface area contributed by atoms with Gasteiger partial charge in [-0.25, -0.2) is 0 Å². The molecule has 1 unspecified atom stereocenters. The van der Waals surface area contributed by atoms with Gasteiger partial charge in [-0.3, -0.25) is 4.79 Å². The molecule has 1 heterocycles. The second-order valence-electron chi connectivity index (χ2n) is 8.05. The second kappa shape index (κ2) is 6.99. The number of carbonyl (C=O) groups excluding carboxylic acids is 1. The van der Waals surface area contributed by atoms with Gasteiger partial charge in [-0.1, -0.05) is 31.9 Å². The number of rotatable bonds is 2. The van der Waals surface area contributed by atoms with E-state index in [9.17, 15) is 9.90 Å². The highest BCUT2D eigenvalue weighted by Gasteiger charge is 2.58. The van der Waals surface area contributed by atoms with E-state index >= 15 is 0 Å². The third-order valence-electron chi connectivity index (χ3n) is 5.55. The Balaban J connectivity index is 2.36. The van der Waals surface area contributed by atoms with Gasteiger partial charge >= 0.3 is 5.97 Å². The van der Waals surface area contributed by atoms with Crippen LogP contribution in [0.1, 0.15) is 53.9 Å². The molecule has 0 aromatic rings. The minimum absolute atomic E-state index is 0.0425. The summed E-state index contributed by atoms with van der Waals surface area (Å²) >= 11 is 13.9. The molecule has 140 valence electrons. The second-order valence-corrected chi connectivity index (χ2v) is 11.1. The van der Waals surface area contributed by atoms with Crippen molar-refractivity contribution in [3.05, 3.63) is 0 Å². The van der Waals surface area contributed by atoms with E-state index in [1.54, 1.807) is 0 Å². The zero-order valence-electron chi connectivity index (χ0n) is 14.8. The molecular formula is C17H27Br2ClO4. The third-order valence-corrected chi connectivity index (χ3v) is 9.09. The molecule has 1 aliphatic heterocycles. The van der Waals surface area contributed by atoms with Gasteiger partial charge in [0, 0.05) is 28.9 Å². The highest BCUT2D eigenvalue weighted by molar-refractivity contribution is 9.09. The summed E-state index contributed by atoms with van der Waals surface area (Å²) in [5.74, 6) is -0.483. The van der Waals surface area contributed by atoms with E-state index in [0.29, 0.717) is 19.3 Å². The van der Waals surface area contributed by atoms with E-state index < -0.39 is 22.2 Å². The summed E-state index contributed by atoms with van der Waals surface area (Å²) in [6, 6.07) is 0. The van der Waals surface area contributed by atoms with Gasteiger partial charge in [0.15, 0.2) is 0 Å². The molecule has 24 heavy (non-hydrogen) atoms. The van der Waals surface area contributed by atoms with Crippen molar-refractivity contribution in [2.24, 2.45) is 5.92 Å². The molecule has 1 saturated heterocycles. The fraction of sp³-hybridized carbons (Fsp3) is 0.941. The quantitative estimate of drug-likeness (QED) is 0.466. The van der Waals surface area contributed by atoms with Crippen LogP contribution in [0.2, 0.25) is 0 Å². The molecule has 2 fully saturated rings. The number of ether oxygens (including phenoxy) is 2. The number of aliphatic hydroxyl groups excluding tert-OH is 1. The first kappa shape index (κ1) is 20.9. The largest absolute Gasteiger partial charge is 0.462 e. The molecule has 2 rings (SSSR count). The fourth-order valence-electron chi connectivity index (χ4n) is 3.96. The van der Waals surface area contributed by atoms with Gasteiger partial charge in [-0.15, -0.1) is 11.6 Å². The SMILES string of the molecule is CC(=O)O[C@@H]1C[C@@](C)(Cl)[C@H](Br)CC1[C@]1(C)OC(C)(C)[C@@H](Br)C[C@@H]1O. The summed E-state index contributed by atoms with van der Waals surface area (Å²) in [4.78, 5) is 11.2. The van der Waals surface area contributed by atoms with Crippen LogP contribution in [0, 0.1) is 5.92 Å². The van der Waals surface area contributed by atoms with Crippen molar-refractivity contribution in [2.45, 2.75) is 91.8 Å². The van der Waals surface area contributed by atoms with Crippen LogP contribution in [-0.2, 0) is 14.3 Å². The van der Waals surface area contributed by atoms with Crippen LogP contribution < -0.4 is 0 Å². The maximum absolute atomic E-state index is 11.6. The number of hydrogen-bond donors (Lipinski definition) is 1. The highest BCUT2D eigenvalue weighted by atomic mass is 79.9. The Morgan fingerprint density at radius 1 is 1.21 bits per heavy atom. The third kappa shape index (κ3) is 3.98. The van der Waals surface area contributed by atoms with Crippen LogP contribution in [0.3, 0.4) is 0 Å². The van der Waals surface area contributed by atoms with Crippen LogP contribution in [-0.4, -0.2) is 49.0 Å². The Morgan fingerprint density at radius 2 is 1.79 bits per heavy atom. The minimum atomic E-state index is -0.812. The number of esters is 1. The lowest BCUT2D eigenvalue weighted by molar-refractivity contribution is -0.253. The zero-order chi connectivity index (χ0) is 18.5. The summed E-state index contributed by atoms with van der Waals surface area (Å²) in [7, 11) is 0. The van der Waals surface area contributed by atoms with Crippen LogP contribution >= 0.6 is 43.5 Å². The molecule has 0 radical (unpaired) electrons. The van der Waals surface area contributed by atoms with E-state index in [4.69, 9.17) is 21.1 Å². The van der Waals surface area contributed by atoms with Gasteiger partial charge in [-0.2, -0.15) is 0 Å². The number of halogens is 3. The highest BCUT2D eigenvalue weighted by Crippen LogP contribution is 2.51. The number of aliphatic hydroxyl groups is 1. The molecule has 1 saturated carbocycles. The van der Waals surface area contributed by atoms with Gasteiger partial charge < -0.3 is 14.6 Å². The molecule has 4 nitrogen and oxygen atoms in total. The lowest BCUT2D eigenvalue weighted by Crippen LogP contribution is -2.65. The fourth-order valence-corrected chi connectivity index (χ4v) is 5.24. The summed E-state index contributed by atoms with van der Waals surface area (Å²) in [6.07, 6.45) is 0.712. The molecule has 7 atom stereocenters. The van der Waals surface area contributed by atoms with Gasteiger partial charge in [-0.05, 0) is 40.5 Å². The predicted octanol–water partition coefficient (Wildman–Crippen LogP) is 4.17. The van der Waals surface area contributed by atoms with Gasteiger partial charge in [0.2, 0.25) is 0 Å². The summed E-state index contributed by atoms with van der Waals surface area (Å²) in [5, 5.41) is 10.8. The number of alkyl halides is 3. The van der Waals surface area contributed by atoms with E-state index in [1.807, 2.05) is 27.7 Å². The standard InChI is InChI=1S/C17H27Br2ClO4/c1-9(21)23-11-8-16(4,20)13(19)6-10(11)17(5)14(22)7-12(18)15(2,3)24-17/h10-14,22H,6-8H2,1-5H3/t10?,11-,12+,13-,14+,16-,17+/m1/s1. The van der Waals surface area contributed by atoms with Crippen LogP contribution in [0.4, 0.5) is 0 Å². The monoisotopic (exact) mass is 488 g/mol. The Kier molecular flexibility index (Phi) is 6.10. The van der Waals surface area contributed by atoms with Crippen LogP contribution in [0.5, 0.6) is 0 Å². The molecule has 7 heteroatoms. The predicted molar refractivity (Wildman–Crippen MR) is 102 cm³/mol. The van der Waals surface area contributed by atoms with Gasteiger partial charge in [0.1, 0.15) is 6.10 Å². The molecule has 1 aliphatic carbocycles. The maximum Gasteiger partial charge on any atom is 0.302 e. The maximum atomic E-state index is 11.6. The first-order valence-corrected chi connectivity index (χ1v) is 10.5. The zero-order valence-corrected chi connectivity index (χ0v) is 18.7. The first-order valence-electron chi connectivity index (χ1n) is 8.32. The van der Waals surface area contributed by atoms with Crippen LogP contribution in [0.25, 0.3) is 0 Å². The summed E-state index contributed by atoms with van der Waals surface area (Å²) in [5.41, 5.74) is -1.24. The van der Waals surface area contributed by atoms with Crippen molar-refractivity contribution < 1.29 is 19.4 Å². The average molecular weight is 491 g/mol. The van der Waals surface area contributed by atoms with E-state index in [-0.39, 0.29) is 27.6 Å². The van der Waals surface area contributed by atoms with Crippen molar-refractivity contribution in [3.63, 3.8) is 0 Å². The normalized spacial score (nSPS) is 48.8. The molecule has 0 aromatic carbocycles. The van der Waals surface area contributed by atoms with Crippen molar-refractivity contribution in [3.8, 4) is 0 Å². The Morgan fingerprint density at radius 3 is 2.33 bits per heavy atom. The van der Waals surface area contributed by atoms with Gasteiger partial charge in [0.05, 0.1) is 22.2 Å². The van der Waals surface area contributed by atoms with Crippen molar-refractivity contribution in [1.82, 2.24) is 0 Å². The molecule has 0 spiro atoms. The molecule has 0 bridgehead atoms. The Hall–Kier alpha value is 0.640. The summed E-state index contributed by atoms with van der Waals surface area (Å²) < 4.78 is 12.0. The van der Waals surface area contributed by atoms with Crippen molar-refractivity contribution in [1.29, 1.82) is 0 Å². The lowest BCUT2D eigenvalue weighted by atomic mass is 9.67. The first-order chi connectivity index (χ1) is 10.8. The molecule has 0 amide bonds. The van der Waals surface area contributed by atoms with Crippen LogP contribution in [0.15, 0.2) is 0 Å². The summed E-state index contributed by atoms with van der Waals surface area (Å²) in [6.45, 7) is 9.30. The average Bonchev–Trinajstić information content (AvgIpc) is 2.39. The lowest BCUT2D eigenvalue weighted by Gasteiger charge is -2.56.